The molecule has 2 rings (SSSR count). The number of carbonyl (C=O) groups excluding carboxylic acids is 1. The fourth-order valence-electron chi connectivity index (χ4n) is 2.44. The summed E-state index contributed by atoms with van der Waals surface area (Å²) in [4.78, 5) is 18.4. The van der Waals surface area contributed by atoms with Crippen molar-refractivity contribution in [3.63, 3.8) is 0 Å². The van der Waals surface area contributed by atoms with Gasteiger partial charge in [0, 0.05) is 32.3 Å². The first-order valence-corrected chi connectivity index (χ1v) is 8.00. The predicted molar refractivity (Wildman–Crippen MR) is 96.2 cm³/mol. The Bertz CT molecular complexity index is 656. The second-order valence-corrected chi connectivity index (χ2v) is 6.61. The quantitative estimate of drug-likeness (QED) is 0.817. The van der Waals surface area contributed by atoms with E-state index in [2.05, 4.69) is 10.3 Å². The van der Waals surface area contributed by atoms with E-state index >= 15 is 0 Å². The molecule has 1 atom stereocenters. The third-order valence-electron chi connectivity index (χ3n) is 4.00. The van der Waals surface area contributed by atoms with Gasteiger partial charge in [-0.15, -0.1) is 0 Å². The SMILES string of the molecule is CN(C)c1ccc(C(=O)NC[C@](C)(CO)Cc2ccccc2)cn1. The second kappa shape index (κ2) is 7.93. The number of aromatic nitrogens is 1. The minimum Gasteiger partial charge on any atom is -0.396 e. The van der Waals surface area contributed by atoms with Crippen molar-refractivity contribution in [2.75, 3.05) is 32.1 Å². The Morgan fingerprint density at radius 1 is 1.21 bits per heavy atom. The second-order valence-electron chi connectivity index (χ2n) is 6.61. The van der Waals surface area contributed by atoms with E-state index in [0.29, 0.717) is 18.5 Å². The van der Waals surface area contributed by atoms with Crippen LogP contribution < -0.4 is 10.2 Å². The molecule has 0 radical (unpaired) electrons. The van der Waals surface area contributed by atoms with Gasteiger partial charge in [-0.2, -0.15) is 0 Å². The van der Waals surface area contributed by atoms with Gasteiger partial charge in [0.2, 0.25) is 0 Å². The zero-order valence-electron chi connectivity index (χ0n) is 14.5. The van der Waals surface area contributed by atoms with Gasteiger partial charge < -0.3 is 15.3 Å². The lowest BCUT2D eigenvalue weighted by Gasteiger charge is -2.27. The summed E-state index contributed by atoms with van der Waals surface area (Å²) in [5.41, 5.74) is 1.24. The van der Waals surface area contributed by atoms with Gasteiger partial charge in [-0.1, -0.05) is 37.3 Å². The van der Waals surface area contributed by atoms with Crippen LogP contribution in [-0.4, -0.2) is 43.2 Å². The molecule has 2 N–H and O–H groups in total. The van der Waals surface area contributed by atoms with Gasteiger partial charge in [-0.3, -0.25) is 4.79 Å². The molecule has 0 spiro atoms. The molecule has 0 aliphatic rings. The number of benzene rings is 1. The van der Waals surface area contributed by atoms with Gasteiger partial charge in [0.1, 0.15) is 5.82 Å². The van der Waals surface area contributed by atoms with E-state index in [1.54, 1.807) is 12.3 Å². The molecule has 128 valence electrons. The first-order chi connectivity index (χ1) is 11.4. The van der Waals surface area contributed by atoms with Gasteiger partial charge in [0.05, 0.1) is 12.2 Å². The van der Waals surface area contributed by atoms with E-state index in [-0.39, 0.29) is 12.5 Å². The molecule has 1 amide bonds. The lowest BCUT2D eigenvalue weighted by molar-refractivity contribution is 0.0895. The van der Waals surface area contributed by atoms with Gasteiger partial charge >= 0.3 is 0 Å². The number of pyridine rings is 1. The monoisotopic (exact) mass is 327 g/mol. The van der Waals surface area contributed by atoms with Gasteiger partial charge in [-0.05, 0) is 24.1 Å². The lowest BCUT2D eigenvalue weighted by Crippen LogP contribution is -2.39. The fraction of sp³-hybridized carbons (Fsp3) is 0.368. The van der Waals surface area contributed by atoms with E-state index in [0.717, 1.165) is 11.4 Å². The lowest BCUT2D eigenvalue weighted by atomic mass is 9.84. The minimum atomic E-state index is -0.409. The number of rotatable bonds is 7. The Hall–Kier alpha value is -2.40. The first kappa shape index (κ1) is 17.9. The molecular formula is C19H25N3O2. The van der Waals surface area contributed by atoms with Crippen LogP contribution in [0.1, 0.15) is 22.8 Å². The average molecular weight is 327 g/mol. The molecule has 1 heterocycles. The predicted octanol–water partition coefficient (Wildman–Crippen LogP) is 2.12. The zero-order chi connectivity index (χ0) is 17.6. The molecule has 2 aromatic rings. The highest BCUT2D eigenvalue weighted by Gasteiger charge is 2.25. The molecule has 5 heteroatoms. The molecule has 0 aliphatic heterocycles. The Kier molecular flexibility index (Phi) is 5.93. The van der Waals surface area contributed by atoms with E-state index in [1.165, 1.54) is 0 Å². The van der Waals surface area contributed by atoms with Crippen LogP contribution in [0, 0.1) is 5.41 Å². The molecule has 0 bridgehead atoms. The molecule has 5 nitrogen and oxygen atoms in total. The van der Waals surface area contributed by atoms with Crippen LogP contribution in [0.25, 0.3) is 0 Å². The third-order valence-corrected chi connectivity index (χ3v) is 4.00. The van der Waals surface area contributed by atoms with E-state index in [4.69, 9.17) is 0 Å². The van der Waals surface area contributed by atoms with Crippen LogP contribution in [0.4, 0.5) is 5.82 Å². The summed E-state index contributed by atoms with van der Waals surface area (Å²) in [7, 11) is 3.80. The topological polar surface area (TPSA) is 65.5 Å². The van der Waals surface area contributed by atoms with Crippen LogP contribution >= 0.6 is 0 Å². The Balaban J connectivity index is 1.97. The van der Waals surface area contributed by atoms with Crippen molar-refractivity contribution >= 4 is 11.7 Å². The maximum absolute atomic E-state index is 12.3. The van der Waals surface area contributed by atoms with Gasteiger partial charge in [-0.25, -0.2) is 4.98 Å². The number of aliphatic hydroxyl groups is 1. The average Bonchev–Trinajstić information content (AvgIpc) is 2.60. The summed E-state index contributed by atoms with van der Waals surface area (Å²) >= 11 is 0. The standard InChI is InChI=1S/C19H25N3O2/c1-19(14-23,11-15-7-5-4-6-8-15)13-21-18(24)16-9-10-17(20-12-16)22(2)3/h4-10,12,23H,11,13-14H2,1-3H3,(H,21,24)/t19-/m1/s1. The number of nitrogens with one attached hydrogen (secondary N) is 1. The molecular weight excluding hydrogens is 302 g/mol. The number of aliphatic hydroxyl groups excluding tert-OH is 1. The largest absolute Gasteiger partial charge is 0.396 e. The zero-order valence-corrected chi connectivity index (χ0v) is 14.5. The summed E-state index contributed by atoms with van der Waals surface area (Å²) in [6.45, 7) is 2.36. The van der Waals surface area contributed by atoms with Crippen molar-refractivity contribution in [1.82, 2.24) is 10.3 Å². The summed E-state index contributed by atoms with van der Waals surface area (Å²) < 4.78 is 0. The minimum absolute atomic E-state index is 0.00000839. The molecule has 0 saturated carbocycles. The fourth-order valence-corrected chi connectivity index (χ4v) is 2.44. The highest BCUT2D eigenvalue weighted by molar-refractivity contribution is 5.94. The number of anilines is 1. The number of amides is 1. The molecule has 24 heavy (non-hydrogen) atoms. The molecule has 1 aromatic carbocycles. The smallest absolute Gasteiger partial charge is 0.252 e. The molecule has 0 aliphatic carbocycles. The van der Waals surface area contributed by atoms with Crippen LogP contribution in [0.5, 0.6) is 0 Å². The number of hydrogen-bond acceptors (Lipinski definition) is 4. The van der Waals surface area contributed by atoms with E-state index in [9.17, 15) is 9.90 Å². The number of hydrogen-bond donors (Lipinski definition) is 2. The normalized spacial score (nSPS) is 13.2. The van der Waals surface area contributed by atoms with Crippen LogP contribution in [-0.2, 0) is 6.42 Å². The number of carbonyl (C=O) groups is 1. The van der Waals surface area contributed by atoms with Crippen molar-refractivity contribution in [2.45, 2.75) is 13.3 Å². The maximum Gasteiger partial charge on any atom is 0.252 e. The van der Waals surface area contributed by atoms with Crippen molar-refractivity contribution in [1.29, 1.82) is 0 Å². The molecule has 0 saturated heterocycles. The summed E-state index contributed by atoms with van der Waals surface area (Å²) in [5.74, 6) is 0.622. The van der Waals surface area contributed by atoms with Crippen LogP contribution in [0.2, 0.25) is 0 Å². The molecule has 0 unspecified atom stereocenters. The maximum atomic E-state index is 12.3. The van der Waals surface area contributed by atoms with Crippen molar-refractivity contribution in [3.05, 3.63) is 59.8 Å². The Labute approximate surface area is 143 Å². The summed E-state index contributed by atoms with van der Waals surface area (Å²) in [5, 5.41) is 12.7. The number of nitrogens with zero attached hydrogens (tertiary/aromatic N) is 2. The Morgan fingerprint density at radius 2 is 1.92 bits per heavy atom. The molecule has 0 fully saturated rings. The van der Waals surface area contributed by atoms with Gasteiger partial charge in [0.15, 0.2) is 0 Å². The van der Waals surface area contributed by atoms with Gasteiger partial charge in [0.25, 0.3) is 5.91 Å². The first-order valence-electron chi connectivity index (χ1n) is 8.00. The van der Waals surface area contributed by atoms with Crippen molar-refractivity contribution in [2.24, 2.45) is 5.41 Å². The van der Waals surface area contributed by atoms with Crippen molar-refractivity contribution < 1.29 is 9.90 Å². The van der Waals surface area contributed by atoms with E-state index < -0.39 is 5.41 Å². The highest BCUT2D eigenvalue weighted by Crippen LogP contribution is 2.21. The van der Waals surface area contributed by atoms with E-state index in [1.807, 2.05) is 62.3 Å². The summed E-state index contributed by atoms with van der Waals surface area (Å²) in [6.07, 6.45) is 2.26. The molecule has 1 aromatic heterocycles. The highest BCUT2D eigenvalue weighted by atomic mass is 16.3. The Morgan fingerprint density at radius 3 is 2.46 bits per heavy atom. The summed E-state index contributed by atoms with van der Waals surface area (Å²) in [6, 6.07) is 13.5. The van der Waals surface area contributed by atoms with Crippen LogP contribution in [0.3, 0.4) is 0 Å². The van der Waals surface area contributed by atoms with Crippen LogP contribution in [0.15, 0.2) is 48.7 Å². The third kappa shape index (κ3) is 4.80. The van der Waals surface area contributed by atoms with Crippen molar-refractivity contribution in [3.8, 4) is 0 Å².